The Morgan fingerprint density at radius 1 is 1.10 bits per heavy atom. The maximum Gasteiger partial charge on any atom is 0.343 e. The highest BCUT2D eigenvalue weighted by Gasteiger charge is 2.24. The fourth-order valence-corrected chi connectivity index (χ4v) is 3.15. The number of ether oxygens (including phenoxy) is 1. The van der Waals surface area contributed by atoms with Gasteiger partial charge >= 0.3 is 5.97 Å². The number of benzene rings is 2. The molecule has 0 aliphatic rings. The van der Waals surface area contributed by atoms with Crippen LogP contribution in [0.4, 0.5) is 5.82 Å². The zero-order valence-electron chi connectivity index (χ0n) is 16.0. The lowest BCUT2D eigenvalue weighted by atomic mass is 10.1. The highest BCUT2D eigenvalue weighted by Crippen LogP contribution is 2.27. The fraction of sp³-hybridized carbons (Fsp3) is 0.136. The van der Waals surface area contributed by atoms with Crippen LogP contribution in [0.5, 0.6) is 0 Å². The van der Waals surface area contributed by atoms with Crippen molar-refractivity contribution in [3.8, 4) is 5.69 Å². The molecule has 1 amide bonds. The van der Waals surface area contributed by atoms with Gasteiger partial charge in [-0.05, 0) is 32.0 Å². The molecular formula is C22H19N3O4. The number of nitrogens with one attached hydrogen (secondary N) is 1. The number of aromatic nitrogens is 2. The van der Waals surface area contributed by atoms with Gasteiger partial charge in [0.05, 0.1) is 18.5 Å². The van der Waals surface area contributed by atoms with Crippen LogP contribution in [-0.4, -0.2) is 28.3 Å². The molecule has 7 nitrogen and oxygen atoms in total. The van der Waals surface area contributed by atoms with E-state index in [2.05, 4.69) is 10.4 Å². The van der Waals surface area contributed by atoms with Crippen molar-refractivity contribution in [3.05, 3.63) is 77.7 Å². The molecule has 0 saturated heterocycles. The van der Waals surface area contributed by atoms with Crippen molar-refractivity contribution >= 4 is 28.7 Å². The molecule has 2 aromatic carbocycles. The number of hydrogen-bond donors (Lipinski definition) is 1. The first kappa shape index (κ1) is 18.5. The Balaban J connectivity index is 1.76. The van der Waals surface area contributed by atoms with Gasteiger partial charge in [-0.3, -0.25) is 4.79 Å². The van der Waals surface area contributed by atoms with Crippen molar-refractivity contribution < 1.29 is 18.7 Å². The van der Waals surface area contributed by atoms with Crippen molar-refractivity contribution in [1.29, 1.82) is 0 Å². The van der Waals surface area contributed by atoms with Gasteiger partial charge in [-0.1, -0.05) is 36.4 Å². The standard InChI is InChI=1S/C22H19N3O4/c1-3-28-22(27)17-13-23-25(15-9-5-4-6-10-15)20(17)24-21(26)19-14(2)16-11-7-8-12-18(16)29-19/h4-13H,3H2,1-2H3,(H,24,26). The third kappa shape index (κ3) is 3.38. The normalized spacial score (nSPS) is 10.8. The van der Waals surface area contributed by atoms with Gasteiger partial charge < -0.3 is 14.5 Å². The Hall–Kier alpha value is -3.87. The second kappa shape index (κ2) is 7.63. The number of fused-ring (bicyclic) bond motifs is 1. The maximum absolute atomic E-state index is 13.0. The Bertz CT molecular complexity index is 1190. The number of hydrogen-bond acceptors (Lipinski definition) is 5. The Morgan fingerprint density at radius 2 is 1.83 bits per heavy atom. The van der Waals surface area contributed by atoms with E-state index < -0.39 is 11.9 Å². The zero-order valence-corrected chi connectivity index (χ0v) is 16.0. The van der Waals surface area contributed by atoms with Crippen LogP contribution in [-0.2, 0) is 4.74 Å². The molecule has 29 heavy (non-hydrogen) atoms. The summed E-state index contributed by atoms with van der Waals surface area (Å²) in [5.41, 5.74) is 2.20. The topological polar surface area (TPSA) is 86.4 Å². The maximum atomic E-state index is 13.0. The number of para-hydroxylation sites is 2. The quantitative estimate of drug-likeness (QED) is 0.513. The second-order valence-electron chi connectivity index (χ2n) is 6.38. The molecule has 0 unspecified atom stereocenters. The highest BCUT2D eigenvalue weighted by atomic mass is 16.5. The average molecular weight is 389 g/mol. The summed E-state index contributed by atoms with van der Waals surface area (Å²) in [5, 5.41) is 7.92. The molecule has 2 aromatic heterocycles. The van der Waals surface area contributed by atoms with Crippen molar-refractivity contribution in [2.24, 2.45) is 0 Å². The summed E-state index contributed by atoms with van der Waals surface area (Å²) in [6.45, 7) is 3.75. The first-order valence-electron chi connectivity index (χ1n) is 9.20. The van der Waals surface area contributed by atoms with Gasteiger partial charge in [-0.25, -0.2) is 9.48 Å². The molecule has 2 heterocycles. The molecule has 0 aliphatic carbocycles. The van der Waals surface area contributed by atoms with Crippen LogP contribution in [0, 0.1) is 6.92 Å². The van der Waals surface area contributed by atoms with E-state index in [1.807, 2.05) is 55.5 Å². The Kier molecular flexibility index (Phi) is 4.87. The van der Waals surface area contributed by atoms with E-state index in [1.165, 1.54) is 10.9 Å². The number of anilines is 1. The van der Waals surface area contributed by atoms with E-state index in [-0.39, 0.29) is 23.7 Å². The minimum absolute atomic E-state index is 0.165. The number of nitrogens with zero attached hydrogens (tertiary/aromatic N) is 2. The zero-order chi connectivity index (χ0) is 20.4. The third-order valence-corrected chi connectivity index (χ3v) is 4.55. The largest absolute Gasteiger partial charge is 0.462 e. The van der Waals surface area contributed by atoms with Crippen molar-refractivity contribution in [2.45, 2.75) is 13.8 Å². The van der Waals surface area contributed by atoms with Crippen LogP contribution in [0.25, 0.3) is 16.7 Å². The summed E-state index contributed by atoms with van der Waals surface area (Å²) in [5.74, 6) is -0.630. The Labute approximate surface area is 166 Å². The van der Waals surface area contributed by atoms with Gasteiger partial charge in [0.15, 0.2) is 11.6 Å². The number of aryl methyl sites for hydroxylation is 1. The number of rotatable bonds is 5. The third-order valence-electron chi connectivity index (χ3n) is 4.55. The molecule has 1 N–H and O–H groups in total. The first-order valence-corrected chi connectivity index (χ1v) is 9.20. The van der Waals surface area contributed by atoms with Crippen molar-refractivity contribution in [1.82, 2.24) is 9.78 Å². The van der Waals surface area contributed by atoms with E-state index in [0.717, 1.165) is 10.9 Å². The predicted octanol–water partition coefficient (Wildman–Crippen LogP) is 4.36. The molecule has 0 radical (unpaired) electrons. The van der Waals surface area contributed by atoms with E-state index in [0.29, 0.717) is 11.3 Å². The second-order valence-corrected chi connectivity index (χ2v) is 6.38. The van der Waals surface area contributed by atoms with Crippen molar-refractivity contribution in [2.75, 3.05) is 11.9 Å². The minimum atomic E-state index is -0.564. The predicted molar refractivity (Wildman–Crippen MR) is 108 cm³/mol. The summed E-state index contributed by atoms with van der Waals surface area (Å²) < 4.78 is 12.3. The van der Waals surface area contributed by atoms with E-state index in [1.54, 1.807) is 13.0 Å². The van der Waals surface area contributed by atoms with E-state index >= 15 is 0 Å². The lowest BCUT2D eigenvalue weighted by Gasteiger charge is -2.10. The number of amides is 1. The van der Waals surface area contributed by atoms with Gasteiger partial charge in [-0.2, -0.15) is 5.10 Å². The van der Waals surface area contributed by atoms with Crippen LogP contribution >= 0.6 is 0 Å². The summed E-state index contributed by atoms with van der Waals surface area (Å²) in [6.07, 6.45) is 1.38. The van der Waals surface area contributed by atoms with Gasteiger partial charge in [0, 0.05) is 10.9 Å². The van der Waals surface area contributed by atoms with Crippen LogP contribution in [0.15, 0.2) is 65.2 Å². The molecule has 0 bridgehead atoms. The summed E-state index contributed by atoms with van der Waals surface area (Å²) >= 11 is 0. The molecule has 0 spiro atoms. The van der Waals surface area contributed by atoms with Crippen LogP contribution in [0.2, 0.25) is 0 Å². The highest BCUT2D eigenvalue weighted by molar-refractivity contribution is 6.08. The Morgan fingerprint density at radius 3 is 2.55 bits per heavy atom. The molecule has 0 saturated carbocycles. The van der Waals surface area contributed by atoms with Gasteiger partial charge in [0.25, 0.3) is 5.91 Å². The SMILES string of the molecule is CCOC(=O)c1cnn(-c2ccccc2)c1NC(=O)c1oc2ccccc2c1C. The van der Waals surface area contributed by atoms with Gasteiger partial charge in [0.2, 0.25) is 0 Å². The van der Waals surface area contributed by atoms with Crippen LogP contribution in [0.3, 0.4) is 0 Å². The number of carbonyl (C=O) groups excluding carboxylic acids is 2. The summed E-state index contributed by atoms with van der Waals surface area (Å²) in [6, 6.07) is 16.6. The van der Waals surface area contributed by atoms with Gasteiger partial charge in [0.1, 0.15) is 11.1 Å². The lowest BCUT2D eigenvalue weighted by Crippen LogP contribution is -2.18. The average Bonchev–Trinajstić information content (AvgIpc) is 3.30. The summed E-state index contributed by atoms with van der Waals surface area (Å²) in [7, 11) is 0. The molecule has 0 atom stereocenters. The molecule has 146 valence electrons. The lowest BCUT2D eigenvalue weighted by molar-refractivity contribution is 0.0527. The molecular weight excluding hydrogens is 370 g/mol. The number of furan rings is 1. The smallest absolute Gasteiger partial charge is 0.343 e. The molecule has 7 heteroatoms. The first-order chi connectivity index (χ1) is 14.1. The van der Waals surface area contributed by atoms with Gasteiger partial charge in [-0.15, -0.1) is 0 Å². The summed E-state index contributed by atoms with van der Waals surface area (Å²) in [4.78, 5) is 25.4. The van der Waals surface area contributed by atoms with Crippen LogP contribution in [0.1, 0.15) is 33.4 Å². The molecule has 4 aromatic rings. The molecule has 4 rings (SSSR count). The molecule has 0 fully saturated rings. The monoisotopic (exact) mass is 389 g/mol. The number of esters is 1. The molecule has 0 aliphatic heterocycles. The minimum Gasteiger partial charge on any atom is -0.462 e. The fourth-order valence-electron chi connectivity index (χ4n) is 3.15. The van der Waals surface area contributed by atoms with E-state index in [4.69, 9.17) is 9.15 Å². The van der Waals surface area contributed by atoms with Crippen molar-refractivity contribution in [3.63, 3.8) is 0 Å². The number of carbonyl (C=O) groups is 2. The van der Waals surface area contributed by atoms with E-state index in [9.17, 15) is 9.59 Å². The van der Waals surface area contributed by atoms with Crippen LogP contribution < -0.4 is 5.32 Å².